The monoisotopic (exact) mass is 257 g/mol. The Kier molecular flexibility index (Phi) is 2.95. The van der Waals surface area contributed by atoms with Gasteiger partial charge >= 0.3 is 0 Å². The first kappa shape index (κ1) is 11.8. The highest BCUT2D eigenvalue weighted by molar-refractivity contribution is 5.98. The number of hydrogen-bond donors (Lipinski definition) is 2. The lowest BCUT2D eigenvalue weighted by molar-refractivity contribution is -0.117. The number of carbonyl (C=O) groups excluding carboxylic acids is 2. The van der Waals surface area contributed by atoms with E-state index in [4.69, 9.17) is 0 Å². The van der Waals surface area contributed by atoms with Crippen LogP contribution >= 0.6 is 0 Å². The highest BCUT2D eigenvalue weighted by Crippen LogP contribution is 2.15. The molecule has 0 bridgehead atoms. The maximum atomic E-state index is 12.1. The molecule has 0 spiro atoms. The Morgan fingerprint density at radius 1 is 1.42 bits per heavy atom. The largest absolute Gasteiger partial charge is 0.351 e. The SMILES string of the molecule is O=CN1CCC(NC(=O)c2cc3ccccc3[nH]2)C1. The zero-order valence-corrected chi connectivity index (χ0v) is 10.4. The summed E-state index contributed by atoms with van der Waals surface area (Å²) in [6, 6.07) is 9.67. The molecule has 0 radical (unpaired) electrons. The Morgan fingerprint density at radius 2 is 2.26 bits per heavy atom. The lowest BCUT2D eigenvalue weighted by Gasteiger charge is -2.11. The number of benzene rings is 1. The molecule has 1 aromatic carbocycles. The summed E-state index contributed by atoms with van der Waals surface area (Å²) in [4.78, 5) is 27.5. The van der Waals surface area contributed by atoms with Crippen molar-refractivity contribution in [3.05, 3.63) is 36.0 Å². The van der Waals surface area contributed by atoms with E-state index in [0.717, 1.165) is 23.7 Å². The standard InChI is InChI=1S/C14H15N3O2/c18-9-17-6-5-11(8-17)15-14(19)13-7-10-3-1-2-4-12(10)16-13/h1-4,7,9,11,16H,5-6,8H2,(H,15,19). The fraction of sp³-hybridized carbons (Fsp3) is 0.286. The molecule has 0 saturated carbocycles. The van der Waals surface area contributed by atoms with Gasteiger partial charge in [0.05, 0.1) is 0 Å². The van der Waals surface area contributed by atoms with Gasteiger partial charge in [0.1, 0.15) is 5.69 Å². The Balaban J connectivity index is 1.72. The van der Waals surface area contributed by atoms with Gasteiger partial charge in [-0.05, 0) is 18.6 Å². The van der Waals surface area contributed by atoms with Crippen LogP contribution in [0.1, 0.15) is 16.9 Å². The zero-order chi connectivity index (χ0) is 13.2. The summed E-state index contributed by atoms with van der Waals surface area (Å²) < 4.78 is 0. The van der Waals surface area contributed by atoms with E-state index in [2.05, 4.69) is 10.3 Å². The van der Waals surface area contributed by atoms with E-state index >= 15 is 0 Å². The summed E-state index contributed by atoms with van der Waals surface area (Å²) in [6.45, 7) is 1.30. The van der Waals surface area contributed by atoms with Crippen molar-refractivity contribution in [1.82, 2.24) is 15.2 Å². The number of amides is 2. The fourth-order valence-electron chi connectivity index (χ4n) is 2.46. The molecule has 5 nitrogen and oxygen atoms in total. The summed E-state index contributed by atoms with van der Waals surface area (Å²) in [6.07, 6.45) is 1.64. The van der Waals surface area contributed by atoms with E-state index in [-0.39, 0.29) is 11.9 Å². The number of H-pyrrole nitrogens is 1. The molecule has 3 rings (SSSR count). The minimum atomic E-state index is -0.117. The van der Waals surface area contributed by atoms with Gasteiger partial charge in [0.2, 0.25) is 6.41 Å². The molecule has 19 heavy (non-hydrogen) atoms. The van der Waals surface area contributed by atoms with Gasteiger partial charge in [0.15, 0.2) is 0 Å². The van der Waals surface area contributed by atoms with Crippen molar-refractivity contribution in [2.24, 2.45) is 0 Å². The second kappa shape index (κ2) is 4.76. The number of hydrogen-bond acceptors (Lipinski definition) is 2. The van der Waals surface area contributed by atoms with Gasteiger partial charge < -0.3 is 15.2 Å². The summed E-state index contributed by atoms with van der Waals surface area (Å²) in [5.74, 6) is -0.117. The Morgan fingerprint density at radius 3 is 3.00 bits per heavy atom. The Hall–Kier alpha value is -2.30. The first-order valence-electron chi connectivity index (χ1n) is 6.34. The number of nitrogens with zero attached hydrogens (tertiary/aromatic N) is 1. The lowest BCUT2D eigenvalue weighted by Crippen LogP contribution is -2.37. The molecule has 2 amide bonds. The highest BCUT2D eigenvalue weighted by Gasteiger charge is 2.23. The topological polar surface area (TPSA) is 65.2 Å². The van der Waals surface area contributed by atoms with Crippen molar-refractivity contribution >= 4 is 23.2 Å². The minimum Gasteiger partial charge on any atom is -0.351 e. The van der Waals surface area contributed by atoms with Crippen molar-refractivity contribution in [2.45, 2.75) is 12.5 Å². The Labute approximate surface area is 110 Å². The molecule has 1 fully saturated rings. The van der Waals surface area contributed by atoms with Crippen LogP contribution in [0.5, 0.6) is 0 Å². The maximum absolute atomic E-state index is 12.1. The predicted molar refractivity (Wildman–Crippen MR) is 71.8 cm³/mol. The third-order valence-electron chi connectivity index (χ3n) is 3.48. The van der Waals surface area contributed by atoms with Gasteiger partial charge in [-0.25, -0.2) is 0 Å². The van der Waals surface area contributed by atoms with Crippen molar-refractivity contribution in [2.75, 3.05) is 13.1 Å². The van der Waals surface area contributed by atoms with E-state index in [1.54, 1.807) is 4.90 Å². The number of rotatable bonds is 3. The first-order valence-corrected chi connectivity index (χ1v) is 6.34. The van der Waals surface area contributed by atoms with Crippen LogP contribution in [0.3, 0.4) is 0 Å². The molecule has 2 aromatic rings. The number of para-hydroxylation sites is 1. The first-order chi connectivity index (χ1) is 9.26. The molecule has 1 unspecified atom stereocenters. The molecule has 1 aliphatic rings. The van der Waals surface area contributed by atoms with Crippen LogP contribution in [0.25, 0.3) is 10.9 Å². The van der Waals surface area contributed by atoms with Crippen molar-refractivity contribution in [1.29, 1.82) is 0 Å². The van der Waals surface area contributed by atoms with Crippen LogP contribution in [-0.2, 0) is 4.79 Å². The Bertz CT molecular complexity index is 587. The van der Waals surface area contributed by atoms with Crippen LogP contribution in [-0.4, -0.2) is 41.3 Å². The molecule has 5 heteroatoms. The molecule has 0 aliphatic carbocycles. The highest BCUT2D eigenvalue weighted by atomic mass is 16.2. The number of carbonyl (C=O) groups is 2. The average Bonchev–Trinajstić information content (AvgIpc) is 3.04. The average molecular weight is 257 g/mol. The fourth-order valence-corrected chi connectivity index (χ4v) is 2.46. The van der Waals surface area contributed by atoms with Gasteiger partial charge in [0, 0.05) is 30.0 Å². The zero-order valence-electron chi connectivity index (χ0n) is 10.4. The van der Waals surface area contributed by atoms with Gasteiger partial charge in [-0.2, -0.15) is 0 Å². The third-order valence-corrected chi connectivity index (χ3v) is 3.48. The van der Waals surface area contributed by atoms with Crippen molar-refractivity contribution < 1.29 is 9.59 Å². The van der Waals surface area contributed by atoms with Gasteiger partial charge in [0.25, 0.3) is 5.91 Å². The van der Waals surface area contributed by atoms with E-state index in [0.29, 0.717) is 18.8 Å². The molecular weight excluding hydrogens is 242 g/mol. The molecule has 1 saturated heterocycles. The molecule has 1 atom stereocenters. The van der Waals surface area contributed by atoms with Gasteiger partial charge in [-0.15, -0.1) is 0 Å². The van der Waals surface area contributed by atoms with Crippen molar-refractivity contribution in [3.8, 4) is 0 Å². The number of aromatic nitrogens is 1. The van der Waals surface area contributed by atoms with Crippen LogP contribution in [0, 0.1) is 0 Å². The molecule has 1 aromatic heterocycles. The van der Waals surface area contributed by atoms with Crippen LogP contribution in [0.2, 0.25) is 0 Å². The quantitative estimate of drug-likeness (QED) is 0.809. The van der Waals surface area contributed by atoms with Gasteiger partial charge in [-0.3, -0.25) is 9.59 Å². The number of fused-ring (bicyclic) bond motifs is 1. The summed E-state index contributed by atoms with van der Waals surface area (Å²) in [5, 5.41) is 3.97. The minimum absolute atomic E-state index is 0.0455. The molecule has 2 heterocycles. The number of aromatic amines is 1. The maximum Gasteiger partial charge on any atom is 0.268 e. The van der Waals surface area contributed by atoms with E-state index in [1.165, 1.54) is 0 Å². The summed E-state index contributed by atoms with van der Waals surface area (Å²) >= 11 is 0. The third kappa shape index (κ3) is 2.31. The number of nitrogens with one attached hydrogen (secondary N) is 2. The lowest BCUT2D eigenvalue weighted by atomic mass is 10.2. The van der Waals surface area contributed by atoms with Crippen molar-refractivity contribution in [3.63, 3.8) is 0 Å². The second-order valence-corrected chi connectivity index (χ2v) is 4.83. The summed E-state index contributed by atoms with van der Waals surface area (Å²) in [7, 11) is 0. The second-order valence-electron chi connectivity index (χ2n) is 4.83. The van der Waals surface area contributed by atoms with Crippen LogP contribution < -0.4 is 5.32 Å². The van der Waals surface area contributed by atoms with E-state index in [1.807, 2.05) is 30.3 Å². The van der Waals surface area contributed by atoms with Crippen LogP contribution in [0.15, 0.2) is 30.3 Å². The van der Waals surface area contributed by atoms with Gasteiger partial charge in [-0.1, -0.05) is 18.2 Å². The molecule has 98 valence electrons. The summed E-state index contributed by atoms with van der Waals surface area (Å²) in [5.41, 5.74) is 1.51. The van der Waals surface area contributed by atoms with E-state index < -0.39 is 0 Å². The molecular formula is C14H15N3O2. The number of likely N-dealkylation sites (tertiary alicyclic amines) is 1. The predicted octanol–water partition coefficient (Wildman–Crippen LogP) is 1.13. The smallest absolute Gasteiger partial charge is 0.268 e. The van der Waals surface area contributed by atoms with E-state index in [9.17, 15) is 9.59 Å². The van der Waals surface area contributed by atoms with Crippen LogP contribution in [0.4, 0.5) is 0 Å². The molecule has 2 N–H and O–H groups in total. The normalized spacial score (nSPS) is 18.7. The molecule has 1 aliphatic heterocycles.